The first-order valence-electron chi connectivity index (χ1n) is 6.94. The van der Waals surface area contributed by atoms with Crippen molar-refractivity contribution in [3.63, 3.8) is 0 Å². The third-order valence-corrected chi connectivity index (χ3v) is 3.81. The second-order valence-electron chi connectivity index (χ2n) is 5.69. The first-order chi connectivity index (χ1) is 9.81. The molecule has 1 aromatic carbocycles. The number of aliphatic carboxylic acids is 1. The van der Waals surface area contributed by atoms with Crippen LogP contribution in [0.15, 0.2) is 18.2 Å². The number of amides is 1. The fraction of sp³-hybridized carbons (Fsp3) is 0.375. The van der Waals surface area contributed by atoms with Crippen molar-refractivity contribution in [2.75, 3.05) is 0 Å². The number of carboxylic acid groups (broad SMARTS) is 1. The van der Waals surface area contributed by atoms with Gasteiger partial charge in [-0.3, -0.25) is 4.79 Å². The maximum Gasteiger partial charge on any atom is 0.326 e. The number of benzene rings is 1. The highest BCUT2D eigenvalue weighted by Gasteiger charge is 2.24. The van der Waals surface area contributed by atoms with Crippen molar-refractivity contribution >= 4 is 22.8 Å². The molecule has 112 valence electrons. The Morgan fingerprint density at radius 1 is 1.24 bits per heavy atom. The monoisotopic (exact) mass is 288 g/mol. The van der Waals surface area contributed by atoms with Crippen molar-refractivity contribution in [3.8, 4) is 0 Å². The van der Waals surface area contributed by atoms with E-state index in [1.54, 1.807) is 19.9 Å². The number of carboxylic acids is 1. The predicted octanol–water partition coefficient (Wildman–Crippen LogP) is 2.62. The minimum absolute atomic E-state index is 0.181. The van der Waals surface area contributed by atoms with Crippen LogP contribution in [0.3, 0.4) is 0 Å². The Balaban J connectivity index is 2.32. The SMILES string of the molecule is Cc1ccc2[nH]c(C(=O)N[C@@H](C(=O)O)C(C)C)cc2c1C. The topological polar surface area (TPSA) is 82.2 Å². The number of aromatic amines is 1. The van der Waals surface area contributed by atoms with Gasteiger partial charge in [0, 0.05) is 10.9 Å². The molecular weight excluding hydrogens is 268 g/mol. The van der Waals surface area contributed by atoms with Crippen LogP contribution in [0, 0.1) is 19.8 Å². The predicted molar refractivity (Wildman–Crippen MR) is 81.5 cm³/mol. The number of carbonyl (C=O) groups excluding carboxylic acids is 1. The average Bonchev–Trinajstić information content (AvgIpc) is 2.84. The van der Waals surface area contributed by atoms with Crippen LogP contribution in [0.4, 0.5) is 0 Å². The van der Waals surface area contributed by atoms with Gasteiger partial charge in [0.15, 0.2) is 0 Å². The molecule has 0 saturated carbocycles. The molecule has 1 aromatic heterocycles. The van der Waals surface area contributed by atoms with E-state index in [1.165, 1.54) is 0 Å². The normalized spacial score (nSPS) is 12.6. The Hall–Kier alpha value is -2.30. The minimum atomic E-state index is -1.03. The molecule has 2 rings (SSSR count). The molecule has 0 fully saturated rings. The van der Waals surface area contributed by atoms with Crippen molar-refractivity contribution in [2.45, 2.75) is 33.7 Å². The summed E-state index contributed by atoms with van der Waals surface area (Å²) in [5, 5.41) is 12.7. The van der Waals surface area contributed by atoms with Crippen LogP contribution >= 0.6 is 0 Å². The highest BCUT2D eigenvalue weighted by Crippen LogP contribution is 2.22. The van der Waals surface area contributed by atoms with Crippen molar-refractivity contribution in [3.05, 3.63) is 35.0 Å². The van der Waals surface area contributed by atoms with Crippen LogP contribution in [0.25, 0.3) is 10.9 Å². The van der Waals surface area contributed by atoms with Gasteiger partial charge >= 0.3 is 5.97 Å². The van der Waals surface area contributed by atoms with Gasteiger partial charge in [0.1, 0.15) is 11.7 Å². The molecule has 0 saturated heterocycles. The summed E-state index contributed by atoms with van der Waals surface area (Å²) in [5.74, 6) is -1.61. The van der Waals surface area contributed by atoms with E-state index in [4.69, 9.17) is 5.11 Å². The summed E-state index contributed by atoms with van der Waals surface area (Å²) in [5.41, 5.74) is 3.52. The average molecular weight is 288 g/mol. The fourth-order valence-corrected chi connectivity index (χ4v) is 2.31. The Morgan fingerprint density at radius 3 is 2.48 bits per heavy atom. The van der Waals surface area contributed by atoms with Gasteiger partial charge in [0.25, 0.3) is 5.91 Å². The number of hydrogen-bond acceptors (Lipinski definition) is 2. The number of carbonyl (C=O) groups is 2. The number of rotatable bonds is 4. The number of aromatic nitrogens is 1. The van der Waals surface area contributed by atoms with E-state index in [-0.39, 0.29) is 5.92 Å². The highest BCUT2D eigenvalue weighted by atomic mass is 16.4. The molecule has 1 heterocycles. The van der Waals surface area contributed by atoms with Crippen molar-refractivity contribution in [1.82, 2.24) is 10.3 Å². The molecule has 0 unspecified atom stereocenters. The molecule has 0 aliphatic heterocycles. The van der Waals surface area contributed by atoms with Gasteiger partial charge in [-0.2, -0.15) is 0 Å². The zero-order chi connectivity index (χ0) is 15.7. The van der Waals surface area contributed by atoms with Crippen molar-refractivity contribution in [2.24, 2.45) is 5.92 Å². The molecule has 0 spiro atoms. The summed E-state index contributed by atoms with van der Waals surface area (Å²) < 4.78 is 0. The van der Waals surface area contributed by atoms with E-state index in [0.29, 0.717) is 5.69 Å². The van der Waals surface area contributed by atoms with E-state index >= 15 is 0 Å². The van der Waals surface area contributed by atoms with Gasteiger partial charge in [-0.1, -0.05) is 19.9 Å². The molecule has 0 radical (unpaired) electrons. The summed E-state index contributed by atoms with van der Waals surface area (Å²) in [6.07, 6.45) is 0. The van der Waals surface area contributed by atoms with Crippen LogP contribution in [0.2, 0.25) is 0 Å². The quantitative estimate of drug-likeness (QED) is 0.808. The van der Waals surface area contributed by atoms with Crippen LogP contribution in [0.5, 0.6) is 0 Å². The van der Waals surface area contributed by atoms with E-state index < -0.39 is 17.9 Å². The molecule has 1 atom stereocenters. The molecule has 21 heavy (non-hydrogen) atoms. The van der Waals surface area contributed by atoms with Gasteiger partial charge < -0.3 is 15.4 Å². The molecule has 1 amide bonds. The largest absolute Gasteiger partial charge is 0.480 e. The first kappa shape index (κ1) is 15.1. The molecule has 0 aliphatic carbocycles. The van der Waals surface area contributed by atoms with E-state index in [0.717, 1.165) is 22.0 Å². The van der Waals surface area contributed by atoms with E-state index in [2.05, 4.69) is 10.3 Å². The third kappa shape index (κ3) is 2.91. The van der Waals surface area contributed by atoms with Gasteiger partial charge in [-0.25, -0.2) is 4.79 Å². The lowest BCUT2D eigenvalue weighted by atomic mass is 10.0. The van der Waals surface area contributed by atoms with E-state index in [1.807, 2.05) is 26.0 Å². The van der Waals surface area contributed by atoms with Gasteiger partial charge in [0.2, 0.25) is 0 Å². The third-order valence-electron chi connectivity index (χ3n) is 3.81. The summed E-state index contributed by atoms with van der Waals surface area (Å²) in [6.45, 7) is 7.54. The van der Waals surface area contributed by atoms with Crippen LogP contribution in [0.1, 0.15) is 35.5 Å². The van der Waals surface area contributed by atoms with Gasteiger partial charge in [-0.05, 0) is 43.0 Å². The molecule has 2 aromatic rings. The number of aryl methyl sites for hydroxylation is 2. The molecule has 0 bridgehead atoms. The minimum Gasteiger partial charge on any atom is -0.480 e. The van der Waals surface area contributed by atoms with Gasteiger partial charge in [0.05, 0.1) is 0 Å². The Morgan fingerprint density at radius 2 is 1.90 bits per heavy atom. The lowest BCUT2D eigenvalue weighted by Crippen LogP contribution is -2.44. The Bertz CT molecular complexity index is 701. The summed E-state index contributed by atoms with van der Waals surface area (Å²) >= 11 is 0. The molecular formula is C16H20N2O3. The molecule has 0 aliphatic rings. The highest BCUT2D eigenvalue weighted by molar-refractivity contribution is 6.00. The molecule has 5 nitrogen and oxygen atoms in total. The Kier molecular flexibility index (Phi) is 4.02. The molecule has 3 N–H and O–H groups in total. The molecule has 5 heteroatoms. The smallest absolute Gasteiger partial charge is 0.326 e. The number of hydrogen-bond donors (Lipinski definition) is 3. The number of H-pyrrole nitrogens is 1. The van der Waals surface area contributed by atoms with Gasteiger partial charge in [-0.15, -0.1) is 0 Å². The number of fused-ring (bicyclic) bond motifs is 1. The van der Waals surface area contributed by atoms with Crippen molar-refractivity contribution in [1.29, 1.82) is 0 Å². The standard InChI is InChI=1S/C16H20N2O3/c1-8(2)14(16(20)21)18-15(19)13-7-11-10(4)9(3)5-6-12(11)17-13/h5-8,14,17H,1-4H3,(H,18,19)(H,20,21)/t14-/m1/s1. The van der Waals surface area contributed by atoms with Crippen LogP contribution in [-0.4, -0.2) is 28.0 Å². The van der Waals surface area contributed by atoms with E-state index in [9.17, 15) is 9.59 Å². The summed E-state index contributed by atoms with van der Waals surface area (Å²) in [4.78, 5) is 26.4. The Labute approximate surface area is 123 Å². The maximum absolute atomic E-state index is 12.2. The summed E-state index contributed by atoms with van der Waals surface area (Å²) in [6, 6.07) is 4.79. The second kappa shape index (κ2) is 5.60. The zero-order valence-corrected chi connectivity index (χ0v) is 12.7. The number of nitrogens with one attached hydrogen (secondary N) is 2. The lowest BCUT2D eigenvalue weighted by Gasteiger charge is -2.17. The summed E-state index contributed by atoms with van der Waals surface area (Å²) in [7, 11) is 0. The lowest BCUT2D eigenvalue weighted by molar-refractivity contribution is -0.140. The van der Waals surface area contributed by atoms with Crippen LogP contribution < -0.4 is 5.32 Å². The maximum atomic E-state index is 12.2. The fourth-order valence-electron chi connectivity index (χ4n) is 2.31. The van der Waals surface area contributed by atoms with Crippen molar-refractivity contribution < 1.29 is 14.7 Å². The zero-order valence-electron chi connectivity index (χ0n) is 12.7. The second-order valence-corrected chi connectivity index (χ2v) is 5.69. The van der Waals surface area contributed by atoms with Crippen LogP contribution in [-0.2, 0) is 4.79 Å². The first-order valence-corrected chi connectivity index (χ1v) is 6.94.